The van der Waals surface area contributed by atoms with Crippen LogP contribution >= 0.6 is 0 Å². The first-order valence-electron chi connectivity index (χ1n) is 17.2. The number of aliphatic hydroxyl groups excluding tert-OH is 3. The summed E-state index contributed by atoms with van der Waals surface area (Å²) >= 11 is 0. The molecular weight excluding hydrogens is 506 g/mol. The van der Waals surface area contributed by atoms with Crippen LogP contribution in [0, 0.1) is 5.21 Å². The lowest BCUT2D eigenvalue weighted by atomic mass is 10.1. The molecule has 0 saturated carbocycles. The molecule has 0 fully saturated rings. The number of ether oxygens (including phenoxy) is 2. The molecule has 0 rings (SSSR count). The molecule has 0 aromatic heterocycles. The van der Waals surface area contributed by atoms with Gasteiger partial charge in [-0.05, 0) is 19.8 Å². The fourth-order valence-electron chi connectivity index (χ4n) is 5.55. The minimum atomic E-state index is -1.75. The van der Waals surface area contributed by atoms with Crippen molar-refractivity contribution in [2.45, 2.75) is 174 Å². The van der Waals surface area contributed by atoms with E-state index in [1.54, 1.807) is 6.92 Å². The van der Waals surface area contributed by atoms with Gasteiger partial charge in [0.1, 0.15) is 0 Å². The number of hydrogen-bond acceptors (Lipinski definition) is 6. The molecule has 40 heavy (non-hydrogen) atoms. The molecule has 0 aliphatic carbocycles. The van der Waals surface area contributed by atoms with Gasteiger partial charge in [-0.1, -0.05) is 129 Å². The Labute approximate surface area is 248 Å². The van der Waals surface area contributed by atoms with E-state index in [4.69, 9.17) is 9.47 Å². The Morgan fingerprint density at radius 1 is 0.550 bits per heavy atom. The first-order valence-corrected chi connectivity index (χ1v) is 17.2. The van der Waals surface area contributed by atoms with E-state index in [9.17, 15) is 20.5 Å². The molecule has 242 valence electrons. The molecule has 0 saturated heterocycles. The predicted octanol–water partition coefficient (Wildman–Crippen LogP) is 7.98. The topological polar surface area (TPSA) is 102 Å². The highest BCUT2D eigenvalue weighted by Gasteiger charge is 2.52. The zero-order valence-corrected chi connectivity index (χ0v) is 26.9. The summed E-state index contributed by atoms with van der Waals surface area (Å²) in [6.45, 7) is 6.65. The van der Waals surface area contributed by atoms with E-state index in [-0.39, 0.29) is 39.1 Å². The second-order valence-electron chi connectivity index (χ2n) is 11.9. The van der Waals surface area contributed by atoms with E-state index in [2.05, 4.69) is 13.8 Å². The first kappa shape index (κ1) is 39.7. The van der Waals surface area contributed by atoms with Gasteiger partial charge in [-0.15, -0.1) is 0 Å². The fourth-order valence-corrected chi connectivity index (χ4v) is 5.55. The Balaban J connectivity index is 4.86. The second kappa shape index (κ2) is 27.5. The lowest BCUT2D eigenvalue weighted by molar-refractivity contribution is -0.993. The smallest absolute Gasteiger partial charge is 0.345 e. The van der Waals surface area contributed by atoms with Crippen molar-refractivity contribution in [2.24, 2.45) is 0 Å². The summed E-state index contributed by atoms with van der Waals surface area (Å²) in [5.74, 6) is -1.75. The van der Waals surface area contributed by atoms with Gasteiger partial charge in [0.25, 0.3) is 0 Å². The zero-order valence-electron chi connectivity index (χ0n) is 26.9. The molecule has 0 aliphatic rings. The minimum Gasteiger partial charge on any atom is -0.629 e. The van der Waals surface area contributed by atoms with Crippen molar-refractivity contribution >= 4 is 0 Å². The van der Waals surface area contributed by atoms with E-state index < -0.39 is 16.7 Å². The van der Waals surface area contributed by atoms with Crippen molar-refractivity contribution in [3.8, 4) is 0 Å². The Hall–Kier alpha value is -0.280. The van der Waals surface area contributed by atoms with E-state index >= 15 is 0 Å². The number of unbranched alkanes of at least 4 members (excludes halogenated alkanes) is 18. The minimum absolute atomic E-state index is 0.0669. The summed E-state index contributed by atoms with van der Waals surface area (Å²) in [4.78, 5) is 0. The third-order valence-corrected chi connectivity index (χ3v) is 8.06. The number of hydroxylamine groups is 3. The Morgan fingerprint density at radius 2 is 0.850 bits per heavy atom. The molecule has 3 N–H and O–H groups in total. The molecule has 0 radical (unpaired) electrons. The average molecular weight is 576 g/mol. The molecule has 0 heterocycles. The summed E-state index contributed by atoms with van der Waals surface area (Å²) in [6.07, 6.45) is 23.5. The lowest BCUT2D eigenvalue weighted by Crippen LogP contribution is -2.69. The summed E-state index contributed by atoms with van der Waals surface area (Å²) in [5, 5.41) is 44.1. The molecule has 0 aromatic rings. The molecule has 0 amide bonds. The molecule has 1 unspecified atom stereocenters. The summed E-state index contributed by atoms with van der Waals surface area (Å²) in [7, 11) is 0. The third-order valence-electron chi connectivity index (χ3n) is 8.06. The molecule has 0 spiro atoms. The average Bonchev–Trinajstić information content (AvgIpc) is 2.95. The first-order chi connectivity index (χ1) is 19.4. The normalized spacial score (nSPS) is 13.3. The highest BCUT2D eigenvalue weighted by molar-refractivity contribution is 4.71. The largest absolute Gasteiger partial charge is 0.629 e. The van der Waals surface area contributed by atoms with Gasteiger partial charge in [-0.2, -0.15) is 0 Å². The van der Waals surface area contributed by atoms with Crippen molar-refractivity contribution < 1.29 is 29.4 Å². The number of aliphatic hydroxyl groups is 3. The van der Waals surface area contributed by atoms with Crippen molar-refractivity contribution in [2.75, 3.05) is 39.5 Å². The van der Waals surface area contributed by atoms with Gasteiger partial charge in [0.15, 0.2) is 6.10 Å². The van der Waals surface area contributed by atoms with Crippen LogP contribution in [0.1, 0.15) is 162 Å². The summed E-state index contributed by atoms with van der Waals surface area (Å²) in [6, 6.07) is 0. The Morgan fingerprint density at radius 3 is 1.12 bits per heavy atom. The maximum Gasteiger partial charge on any atom is 0.345 e. The maximum atomic E-state index is 14.2. The number of quaternary nitrogens is 1. The number of rotatable bonds is 32. The number of nitrogens with zero attached hydrogens (tertiary/aromatic N) is 1. The van der Waals surface area contributed by atoms with Crippen LogP contribution in [0.25, 0.3) is 0 Å². The lowest BCUT2D eigenvalue weighted by Gasteiger charge is -2.55. The van der Waals surface area contributed by atoms with Gasteiger partial charge in [0.05, 0.1) is 26.3 Å². The van der Waals surface area contributed by atoms with Crippen LogP contribution in [-0.4, -0.2) is 71.5 Å². The molecule has 0 aliphatic heterocycles. The van der Waals surface area contributed by atoms with Gasteiger partial charge < -0.3 is 34.6 Å². The van der Waals surface area contributed by atoms with Gasteiger partial charge in [-0.25, -0.2) is 0 Å². The maximum absolute atomic E-state index is 14.2. The summed E-state index contributed by atoms with van der Waals surface area (Å²) in [5.41, 5.74) is 0. The van der Waals surface area contributed by atoms with E-state index in [1.165, 1.54) is 89.9 Å². The van der Waals surface area contributed by atoms with E-state index in [1.807, 2.05) is 0 Å². The Kier molecular flexibility index (Phi) is 27.4. The monoisotopic (exact) mass is 576 g/mol. The zero-order chi connectivity index (χ0) is 29.8. The van der Waals surface area contributed by atoms with Gasteiger partial charge in [0.2, 0.25) is 0 Å². The van der Waals surface area contributed by atoms with Gasteiger partial charge >= 0.3 is 5.91 Å². The standard InChI is InChI=1S/C33H69NO6/c1-4-6-8-10-12-14-16-18-20-22-30-39-33(32(3)37,34(38,26-24-28-35)27-25-29-36)40-31-23-21-19-17-15-13-11-9-7-5-2/h32,35-37H,4-31H2,1-3H3. The molecule has 0 aromatic carbocycles. The molecular formula is C33H69NO6. The molecule has 0 bridgehead atoms. The molecule has 1 atom stereocenters. The highest BCUT2D eigenvalue weighted by Crippen LogP contribution is 2.33. The van der Waals surface area contributed by atoms with Crippen LogP contribution in [0.3, 0.4) is 0 Å². The van der Waals surface area contributed by atoms with Crippen molar-refractivity contribution in [1.82, 2.24) is 0 Å². The highest BCUT2D eigenvalue weighted by atomic mass is 16.8. The number of hydrogen-bond donors (Lipinski definition) is 3. The summed E-state index contributed by atoms with van der Waals surface area (Å²) < 4.78 is 11.6. The van der Waals surface area contributed by atoms with E-state index in [0.29, 0.717) is 13.2 Å². The SMILES string of the molecule is CCCCCCCCCCCCOC(OCCCCCCCCCCCC)(C(C)O)[N+]([O-])(CCCO)CCCO. The van der Waals surface area contributed by atoms with Crippen LogP contribution in [0.4, 0.5) is 0 Å². The van der Waals surface area contributed by atoms with Gasteiger partial charge in [-0.3, -0.25) is 0 Å². The Bertz CT molecular complexity index is 485. The van der Waals surface area contributed by atoms with E-state index in [0.717, 1.165) is 38.5 Å². The van der Waals surface area contributed by atoms with Crippen molar-refractivity contribution in [1.29, 1.82) is 0 Å². The van der Waals surface area contributed by atoms with Gasteiger partial charge in [0, 0.05) is 26.1 Å². The van der Waals surface area contributed by atoms with Crippen LogP contribution in [0.15, 0.2) is 0 Å². The van der Waals surface area contributed by atoms with Crippen LogP contribution in [0.5, 0.6) is 0 Å². The van der Waals surface area contributed by atoms with Crippen LogP contribution in [0.2, 0.25) is 0 Å². The fraction of sp³-hybridized carbons (Fsp3) is 1.00. The predicted molar refractivity (Wildman–Crippen MR) is 167 cm³/mol. The van der Waals surface area contributed by atoms with Crippen LogP contribution < -0.4 is 0 Å². The quantitative estimate of drug-likeness (QED) is 0.0325. The van der Waals surface area contributed by atoms with Crippen molar-refractivity contribution in [3.63, 3.8) is 0 Å². The molecule has 7 heteroatoms. The third kappa shape index (κ3) is 18.3. The second-order valence-corrected chi connectivity index (χ2v) is 11.9. The van der Waals surface area contributed by atoms with Crippen LogP contribution in [-0.2, 0) is 9.47 Å². The van der Waals surface area contributed by atoms with Crippen molar-refractivity contribution in [3.05, 3.63) is 5.21 Å². The molecule has 7 nitrogen and oxygen atoms in total.